The van der Waals surface area contributed by atoms with Crippen LogP contribution in [0.2, 0.25) is 0 Å². The highest BCUT2D eigenvalue weighted by Gasteiger charge is 2.18. The van der Waals surface area contributed by atoms with Crippen LogP contribution < -0.4 is 5.32 Å². The van der Waals surface area contributed by atoms with Crippen molar-refractivity contribution in [1.29, 1.82) is 0 Å². The molecule has 1 aliphatic carbocycles. The number of hydrogen-bond donors (Lipinski definition) is 2. The fourth-order valence-corrected chi connectivity index (χ4v) is 3.25. The maximum absolute atomic E-state index is 10.1. The Hall–Kier alpha value is -1.54. The Balaban J connectivity index is 1.56. The van der Waals surface area contributed by atoms with Crippen LogP contribution in [0.4, 0.5) is 5.69 Å². The first-order valence-corrected chi connectivity index (χ1v) is 7.72. The van der Waals surface area contributed by atoms with E-state index in [1.165, 1.54) is 36.5 Å². The lowest BCUT2D eigenvalue weighted by Gasteiger charge is -2.16. The molecule has 1 atom stereocenters. The van der Waals surface area contributed by atoms with Crippen LogP contribution in [0.25, 0.3) is 10.8 Å². The fraction of sp³-hybridized carbons (Fsp3) is 0.444. The molecule has 0 amide bonds. The maximum atomic E-state index is 10.1. The molecule has 2 aromatic rings. The molecule has 0 saturated heterocycles. The van der Waals surface area contributed by atoms with E-state index in [1.54, 1.807) is 0 Å². The van der Waals surface area contributed by atoms with Crippen LogP contribution >= 0.6 is 0 Å². The molecule has 1 aliphatic rings. The van der Waals surface area contributed by atoms with Gasteiger partial charge in [-0.1, -0.05) is 56.0 Å². The minimum absolute atomic E-state index is 0.232. The molecular weight excluding hydrogens is 246 g/mol. The zero-order valence-electron chi connectivity index (χ0n) is 11.9. The van der Waals surface area contributed by atoms with Gasteiger partial charge in [0.15, 0.2) is 0 Å². The summed E-state index contributed by atoms with van der Waals surface area (Å²) in [6.07, 6.45) is 6.00. The second kappa shape index (κ2) is 6.27. The molecule has 1 unspecified atom stereocenters. The highest BCUT2D eigenvalue weighted by molar-refractivity contribution is 5.85. The highest BCUT2D eigenvalue weighted by atomic mass is 16.3. The Morgan fingerprint density at radius 3 is 2.60 bits per heavy atom. The topological polar surface area (TPSA) is 32.3 Å². The summed E-state index contributed by atoms with van der Waals surface area (Å²) in [6, 6.07) is 14.7. The molecule has 0 spiro atoms. The molecule has 0 aliphatic heterocycles. The molecule has 1 saturated carbocycles. The fourth-order valence-electron chi connectivity index (χ4n) is 3.25. The summed E-state index contributed by atoms with van der Waals surface area (Å²) in [6.45, 7) is 0.648. The molecular formula is C18H23NO. The van der Waals surface area contributed by atoms with Crippen LogP contribution in [-0.4, -0.2) is 17.8 Å². The van der Waals surface area contributed by atoms with Crippen molar-refractivity contribution < 1.29 is 5.11 Å². The summed E-state index contributed by atoms with van der Waals surface area (Å²) < 4.78 is 0. The van der Waals surface area contributed by atoms with Crippen molar-refractivity contribution >= 4 is 16.5 Å². The molecule has 0 heterocycles. The Labute approximate surface area is 120 Å². The standard InChI is InChI=1S/C18H23NO/c20-18(11-14-5-1-2-6-14)13-19-17-10-9-15-7-3-4-8-16(15)12-17/h3-4,7-10,12,14,18-20H,1-2,5-6,11,13H2. The van der Waals surface area contributed by atoms with Gasteiger partial charge in [0.05, 0.1) is 6.10 Å². The average molecular weight is 269 g/mol. The number of aliphatic hydroxyl groups is 1. The first-order chi connectivity index (χ1) is 9.81. The van der Waals surface area contributed by atoms with Crippen LogP contribution in [-0.2, 0) is 0 Å². The second-order valence-electron chi connectivity index (χ2n) is 5.98. The van der Waals surface area contributed by atoms with Gasteiger partial charge in [-0.05, 0) is 35.2 Å². The van der Waals surface area contributed by atoms with Gasteiger partial charge in [-0.25, -0.2) is 0 Å². The van der Waals surface area contributed by atoms with E-state index in [9.17, 15) is 5.11 Å². The smallest absolute Gasteiger partial charge is 0.0715 e. The Bertz CT molecular complexity index is 560. The van der Waals surface area contributed by atoms with Gasteiger partial charge < -0.3 is 10.4 Å². The van der Waals surface area contributed by atoms with Crippen LogP contribution in [0, 0.1) is 5.92 Å². The maximum Gasteiger partial charge on any atom is 0.0715 e. The Kier molecular flexibility index (Phi) is 4.22. The third-order valence-corrected chi connectivity index (χ3v) is 4.37. The van der Waals surface area contributed by atoms with Crippen LogP contribution in [0.15, 0.2) is 42.5 Å². The van der Waals surface area contributed by atoms with Crippen molar-refractivity contribution in [3.63, 3.8) is 0 Å². The minimum Gasteiger partial charge on any atom is -0.391 e. The van der Waals surface area contributed by atoms with E-state index in [1.807, 2.05) is 0 Å². The van der Waals surface area contributed by atoms with Gasteiger partial charge in [-0.3, -0.25) is 0 Å². The quantitative estimate of drug-likeness (QED) is 0.853. The number of fused-ring (bicyclic) bond motifs is 1. The summed E-state index contributed by atoms with van der Waals surface area (Å²) >= 11 is 0. The third kappa shape index (κ3) is 3.31. The highest BCUT2D eigenvalue weighted by Crippen LogP contribution is 2.28. The molecule has 0 bridgehead atoms. The van der Waals surface area contributed by atoms with Crippen LogP contribution in [0.1, 0.15) is 32.1 Å². The van der Waals surface area contributed by atoms with E-state index >= 15 is 0 Å². The number of hydrogen-bond acceptors (Lipinski definition) is 2. The van der Waals surface area contributed by atoms with Crippen molar-refractivity contribution in [3.05, 3.63) is 42.5 Å². The number of rotatable bonds is 5. The molecule has 2 aromatic carbocycles. The second-order valence-corrected chi connectivity index (χ2v) is 5.98. The largest absolute Gasteiger partial charge is 0.391 e. The average Bonchev–Trinajstić information content (AvgIpc) is 2.98. The number of anilines is 1. The van der Waals surface area contributed by atoms with Gasteiger partial charge in [-0.2, -0.15) is 0 Å². The zero-order valence-corrected chi connectivity index (χ0v) is 11.9. The van der Waals surface area contributed by atoms with Crippen molar-refractivity contribution in [2.45, 2.75) is 38.2 Å². The van der Waals surface area contributed by atoms with E-state index in [4.69, 9.17) is 0 Å². The molecule has 0 radical (unpaired) electrons. The molecule has 2 nitrogen and oxygen atoms in total. The summed E-state index contributed by atoms with van der Waals surface area (Å²) in [4.78, 5) is 0. The van der Waals surface area contributed by atoms with Crippen molar-refractivity contribution in [3.8, 4) is 0 Å². The van der Waals surface area contributed by atoms with Crippen LogP contribution in [0.3, 0.4) is 0 Å². The lowest BCUT2D eigenvalue weighted by molar-refractivity contribution is 0.155. The van der Waals surface area contributed by atoms with Crippen molar-refractivity contribution in [2.24, 2.45) is 5.92 Å². The summed E-state index contributed by atoms with van der Waals surface area (Å²) in [7, 11) is 0. The van der Waals surface area contributed by atoms with Gasteiger partial charge in [0.1, 0.15) is 0 Å². The molecule has 20 heavy (non-hydrogen) atoms. The van der Waals surface area contributed by atoms with E-state index in [0.29, 0.717) is 6.54 Å². The van der Waals surface area contributed by atoms with Gasteiger partial charge in [-0.15, -0.1) is 0 Å². The molecule has 106 valence electrons. The first-order valence-electron chi connectivity index (χ1n) is 7.72. The van der Waals surface area contributed by atoms with Gasteiger partial charge in [0.25, 0.3) is 0 Å². The number of nitrogens with one attached hydrogen (secondary N) is 1. The van der Waals surface area contributed by atoms with Crippen LogP contribution in [0.5, 0.6) is 0 Å². The summed E-state index contributed by atoms with van der Waals surface area (Å²) in [5, 5.41) is 16.0. The van der Waals surface area contributed by atoms with Crippen molar-refractivity contribution in [1.82, 2.24) is 0 Å². The van der Waals surface area contributed by atoms with E-state index in [2.05, 4.69) is 47.8 Å². The summed E-state index contributed by atoms with van der Waals surface area (Å²) in [5.74, 6) is 0.739. The van der Waals surface area contributed by atoms with E-state index in [-0.39, 0.29) is 6.10 Å². The molecule has 0 aromatic heterocycles. The van der Waals surface area contributed by atoms with Crippen molar-refractivity contribution in [2.75, 3.05) is 11.9 Å². The lowest BCUT2D eigenvalue weighted by Crippen LogP contribution is -2.21. The number of aliphatic hydroxyl groups excluding tert-OH is 1. The summed E-state index contributed by atoms with van der Waals surface area (Å²) in [5.41, 5.74) is 1.09. The van der Waals surface area contributed by atoms with Gasteiger partial charge in [0.2, 0.25) is 0 Å². The molecule has 1 fully saturated rings. The number of benzene rings is 2. The van der Waals surface area contributed by atoms with E-state index < -0.39 is 0 Å². The molecule has 3 rings (SSSR count). The predicted molar refractivity (Wildman–Crippen MR) is 85.0 cm³/mol. The minimum atomic E-state index is -0.232. The normalized spacial score (nSPS) is 17.4. The molecule has 2 N–H and O–H groups in total. The van der Waals surface area contributed by atoms with E-state index in [0.717, 1.165) is 18.0 Å². The third-order valence-electron chi connectivity index (χ3n) is 4.37. The Morgan fingerprint density at radius 2 is 1.80 bits per heavy atom. The monoisotopic (exact) mass is 269 g/mol. The predicted octanol–water partition coefficient (Wildman–Crippen LogP) is 4.19. The molecule has 2 heteroatoms. The van der Waals surface area contributed by atoms with Gasteiger partial charge in [0, 0.05) is 12.2 Å². The Morgan fingerprint density at radius 1 is 1.05 bits per heavy atom. The first kappa shape index (κ1) is 13.4. The zero-order chi connectivity index (χ0) is 13.8. The lowest BCUT2D eigenvalue weighted by atomic mass is 10.00. The van der Waals surface area contributed by atoms with Gasteiger partial charge >= 0.3 is 0 Å². The SMILES string of the molecule is OC(CNc1ccc2ccccc2c1)CC1CCCC1.